The molecule has 0 spiro atoms. The van der Waals surface area contributed by atoms with Gasteiger partial charge in [0.15, 0.2) is 0 Å². The monoisotopic (exact) mass is 340 g/mol. The molecule has 1 saturated heterocycles. The lowest BCUT2D eigenvalue weighted by atomic mass is 10.1. The molecule has 4 rings (SSSR count). The van der Waals surface area contributed by atoms with Crippen LogP contribution in [0.5, 0.6) is 0 Å². The SMILES string of the molecule is C[C@@H]1CN(C)C[C@H](c2nnc(-c3cncc(-c4cnn(C)c4)c3)o2)O1. The molecule has 1 aliphatic rings. The molecule has 3 aromatic heterocycles. The van der Waals surface area contributed by atoms with Gasteiger partial charge >= 0.3 is 0 Å². The Morgan fingerprint density at radius 3 is 2.64 bits per heavy atom. The Labute approximate surface area is 145 Å². The Kier molecular flexibility index (Phi) is 4.06. The van der Waals surface area contributed by atoms with Gasteiger partial charge in [-0.15, -0.1) is 10.2 Å². The van der Waals surface area contributed by atoms with Crippen molar-refractivity contribution in [3.63, 3.8) is 0 Å². The summed E-state index contributed by atoms with van der Waals surface area (Å²) in [5.41, 5.74) is 2.72. The highest BCUT2D eigenvalue weighted by molar-refractivity contribution is 5.67. The number of ether oxygens (including phenoxy) is 1. The molecule has 25 heavy (non-hydrogen) atoms. The number of morpholine rings is 1. The fraction of sp³-hybridized carbons (Fsp3) is 0.412. The van der Waals surface area contributed by atoms with E-state index < -0.39 is 0 Å². The summed E-state index contributed by atoms with van der Waals surface area (Å²) in [6.07, 6.45) is 7.17. The highest BCUT2D eigenvalue weighted by Gasteiger charge is 2.28. The van der Waals surface area contributed by atoms with Crippen LogP contribution in [0.25, 0.3) is 22.6 Å². The number of nitrogens with zero attached hydrogens (tertiary/aromatic N) is 6. The molecule has 0 bridgehead atoms. The Balaban J connectivity index is 1.60. The first kappa shape index (κ1) is 15.9. The van der Waals surface area contributed by atoms with E-state index in [2.05, 4.69) is 32.2 Å². The molecule has 0 N–H and O–H groups in total. The predicted molar refractivity (Wildman–Crippen MR) is 90.5 cm³/mol. The third kappa shape index (κ3) is 3.31. The lowest BCUT2D eigenvalue weighted by Crippen LogP contribution is -2.40. The summed E-state index contributed by atoms with van der Waals surface area (Å²) in [4.78, 5) is 6.49. The van der Waals surface area contributed by atoms with Crippen LogP contribution in [-0.2, 0) is 11.8 Å². The fourth-order valence-corrected chi connectivity index (χ4v) is 3.07. The van der Waals surface area contributed by atoms with Gasteiger partial charge in [-0.05, 0) is 20.0 Å². The van der Waals surface area contributed by atoms with Crippen LogP contribution in [0.15, 0.2) is 35.3 Å². The Morgan fingerprint density at radius 1 is 1.04 bits per heavy atom. The first-order valence-electron chi connectivity index (χ1n) is 8.20. The van der Waals surface area contributed by atoms with Gasteiger partial charge < -0.3 is 14.1 Å². The third-order valence-corrected chi connectivity index (χ3v) is 4.18. The highest BCUT2D eigenvalue weighted by atomic mass is 16.5. The molecule has 0 aliphatic carbocycles. The van der Waals surface area contributed by atoms with Crippen LogP contribution in [-0.4, -0.2) is 56.1 Å². The van der Waals surface area contributed by atoms with Crippen molar-refractivity contribution >= 4 is 0 Å². The van der Waals surface area contributed by atoms with Gasteiger partial charge in [-0.3, -0.25) is 9.67 Å². The molecule has 0 amide bonds. The summed E-state index contributed by atoms with van der Waals surface area (Å²) >= 11 is 0. The van der Waals surface area contributed by atoms with Crippen LogP contribution < -0.4 is 0 Å². The van der Waals surface area contributed by atoms with Crippen LogP contribution >= 0.6 is 0 Å². The molecule has 8 heteroatoms. The van der Waals surface area contributed by atoms with Gasteiger partial charge in [0.05, 0.1) is 17.9 Å². The van der Waals surface area contributed by atoms with E-state index in [9.17, 15) is 0 Å². The minimum absolute atomic E-state index is 0.134. The first-order chi connectivity index (χ1) is 12.1. The zero-order chi connectivity index (χ0) is 17.4. The Morgan fingerprint density at radius 2 is 1.88 bits per heavy atom. The van der Waals surface area contributed by atoms with E-state index >= 15 is 0 Å². The van der Waals surface area contributed by atoms with Crippen molar-refractivity contribution in [3.05, 3.63) is 36.7 Å². The fourth-order valence-electron chi connectivity index (χ4n) is 3.07. The molecule has 1 fully saturated rings. The summed E-state index contributed by atoms with van der Waals surface area (Å²) in [6, 6.07) is 1.97. The van der Waals surface area contributed by atoms with E-state index in [1.54, 1.807) is 23.3 Å². The first-order valence-corrected chi connectivity index (χ1v) is 8.20. The average molecular weight is 340 g/mol. The molecular formula is C17H20N6O2. The molecule has 0 aromatic carbocycles. The number of aromatic nitrogens is 5. The summed E-state index contributed by atoms with van der Waals surface area (Å²) in [5, 5.41) is 12.5. The lowest BCUT2D eigenvalue weighted by molar-refractivity contribution is -0.0821. The minimum atomic E-state index is -0.204. The average Bonchev–Trinajstić information content (AvgIpc) is 3.23. The van der Waals surface area contributed by atoms with Gasteiger partial charge in [0.25, 0.3) is 0 Å². The number of hydrogen-bond acceptors (Lipinski definition) is 7. The highest BCUT2D eigenvalue weighted by Crippen LogP contribution is 2.28. The normalized spacial score (nSPS) is 21.6. The van der Waals surface area contributed by atoms with Gasteiger partial charge in [-0.2, -0.15) is 5.10 Å². The van der Waals surface area contributed by atoms with E-state index in [-0.39, 0.29) is 12.2 Å². The third-order valence-electron chi connectivity index (χ3n) is 4.18. The smallest absolute Gasteiger partial charge is 0.249 e. The van der Waals surface area contributed by atoms with Crippen molar-refractivity contribution in [2.75, 3.05) is 20.1 Å². The second kappa shape index (κ2) is 6.38. The minimum Gasteiger partial charge on any atom is -0.418 e. The largest absolute Gasteiger partial charge is 0.418 e. The Hall–Kier alpha value is -2.58. The number of aryl methyl sites for hydroxylation is 1. The van der Waals surface area contributed by atoms with Crippen molar-refractivity contribution in [3.8, 4) is 22.6 Å². The number of likely N-dealkylation sites (N-methyl/N-ethyl adjacent to an activating group) is 1. The van der Waals surface area contributed by atoms with Crippen molar-refractivity contribution in [1.82, 2.24) is 29.9 Å². The van der Waals surface area contributed by atoms with Crippen molar-refractivity contribution in [2.45, 2.75) is 19.1 Å². The second-order valence-corrected chi connectivity index (χ2v) is 6.47. The van der Waals surface area contributed by atoms with Crippen LogP contribution in [0.1, 0.15) is 18.9 Å². The van der Waals surface area contributed by atoms with Crippen molar-refractivity contribution < 1.29 is 9.15 Å². The molecule has 130 valence electrons. The number of hydrogen-bond donors (Lipinski definition) is 0. The number of pyridine rings is 1. The van der Waals surface area contributed by atoms with E-state index in [4.69, 9.17) is 9.15 Å². The van der Waals surface area contributed by atoms with Gasteiger partial charge in [0, 0.05) is 49.9 Å². The molecule has 0 unspecified atom stereocenters. The molecule has 2 atom stereocenters. The van der Waals surface area contributed by atoms with Gasteiger partial charge in [-0.25, -0.2) is 0 Å². The van der Waals surface area contributed by atoms with Crippen LogP contribution in [0.4, 0.5) is 0 Å². The van der Waals surface area contributed by atoms with E-state index in [0.29, 0.717) is 11.8 Å². The van der Waals surface area contributed by atoms with Crippen LogP contribution in [0.2, 0.25) is 0 Å². The van der Waals surface area contributed by atoms with Crippen molar-refractivity contribution in [1.29, 1.82) is 0 Å². The van der Waals surface area contributed by atoms with E-state index in [1.807, 2.05) is 26.2 Å². The lowest BCUT2D eigenvalue weighted by Gasteiger charge is -2.32. The van der Waals surface area contributed by atoms with Gasteiger partial charge in [0.2, 0.25) is 11.8 Å². The zero-order valence-corrected chi connectivity index (χ0v) is 14.5. The van der Waals surface area contributed by atoms with Crippen LogP contribution in [0, 0.1) is 0 Å². The molecule has 0 saturated carbocycles. The van der Waals surface area contributed by atoms with E-state index in [0.717, 1.165) is 29.8 Å². The quantitative estimate of drug-likeness (QED) is 0.720. The maximum atomic E-state index is 5.92. The second-order valence-electron chi connectivity index (χ2n) is 6.47. The standard InChI is InChI=1S/C17H20N6O2/c1-11-8-22(2)10-15(24-11)17-21-20-16(25-17)13-4-12(5-18-6-13)14-7-19-23(3)9-14/h4-7,9,11,15H,8,10H2,1-3H3/t11-,15-/m1/s1. The predicted octanol–water partition coefficient (Wildman–Crippen LogP) is 1.92. The summed E-state index contributed by atoms with van der Waals surface area (Å²) in [5.74, 6) is 0.943. The maximum absolute atomic E-state index is 5.92. The molecule has 3 aromatic rings. The summed E-state index contributed by atoms with van der Waals surface area (Å²) < 4.78 is 13.5. The molecule has 4 heterocycles. The zero-order valence-electron chi connectivity index (χ0n) is 14.5. The van der Waals surface area contributed by atoms with E-state index in [1.165, 1.54) is 0 Å². The maximum Gasteiger partial charge on any atom is 0.249 e. The molecule has 0 radical (unpaired) electrons. The topological polar surface area (TPSA) is 82.1 Å². The van der Waals surface area contributed by atoms with Gasteiger partial charge in [0.1, 0.15) is 6.10 Å². The van der Waals surface area contributed by atoms with Gasteiger partial charge in [-0.1, -0.05) is 0 Å². The Bertz CT molecular complexity index is 863. The molecular weight excluding hydrogens is 320 g/mol. The number of rotatable bonds is 3. The van der Waals surface area contributed by atoms with Crippen molar-refractivity contribution in [2.24, 2.45) is 7.05 Å². The summed E-state index contributed by atoms with van der Waals surface area (Å²) in [6.45, 7) is 3.68. The molecule has 1 aliphatic heterocycles. The summed E-state index contributed by atoms with van der Waals surface area (Å²) in [7, 11) is 3.94. The molecule has 8 nitrogen and oxygen atoms in total. The van der Waals surface area contributed by atoms with Crippen LogP contribution in [0.3, 0.4) is 0 Å².